The molecule has 0 amide bonds. The first-order valence-corrected chi connectivity index (χ1v) is 6.31. The molecule has 0 saturated heterocycles. The molecule has 3 rings (SSSR count). The summed E-state index contributed by atoms with van der Waals surface area (Å²) in [5, 5.41) is 0. The van der Waals surface area contributed by atoms with E-state index in [1.54, 1.807) is 12.1 Å². The minimum atomic E-state index is -0.392. The average molecular weight is 273 g/mol. The molecule has 0 bridgehead atoms. The summed E-state index contributed by atoms with van der Waals surface area (Å²) in [5.74, 6) is -0.112. The van der Waals surface area contributed by atoms with Crippen LogP contribution in [0, 0.1) is 11.6 Å². The summed E-state index contributed by atoms with van der Waals surface area (Å²) >= 11 is 0. The van der Waals surface area contributed by atoms with Gasteiger partial charge < -0.3 is 10.3 Å². The number of aromatic nitrogens is 2. The SMILES string of the molecule is CCn1c(-c2ccc(F)cc2N)nc2cc(F)ccc21. The van der Waals surface area contributed by atoms with Gasteiger partial charge in [0.25, 0.3) is 0 Å². The van der Waals surface area contributed by atoms with E-state index >= 15 is 0 Å². The topological polar surface area (TPSA) is 43.8 Å². The van der Waals surface area contributed by atoms with Crippen molar-refractivity contribution in [3.63, 3.8) is 0 Å². The number of benzene rings is 2. The fraction of sp³-hybridized carbons (Fsp3) is 0.133. The van der Waals surface area contributed by atoms with Gasteiger partial charge in [-0.15, -0.1) is 0 Å². The minimum absolute atomic E-state index is 0.315. The van der Waals surface area contributed by atoms with E-state index in [2.05, 4.69) is 4.98 Å². The Hall–Kier alpha value is -2.43. The van der Waals surface area contributed by atoms with Crippen LogP contribution in [0.15, 0.2) is 36.4 Å². The Morgan fingerprint density at radius 2 is 1.80 bits per heavy atom. The highest BCUT2D eigenvalue weighted by Gasteiger charge is 2.14. The first-order chi connectivity index (χ1) is 9.60. The van der Waals surface area contributed by atoms with E-state index in [1.807, 2.05) is 11.5 Å². The Labute approximate surface area is 114 Å². The molecule has 0 aliphatic rings. The largest absolute Gasteiger partial charge is 0.398 e. The fourth-order valence-electron chi connectivity index (χ4n) is 2.37. The smallest absolute Gasteiger partial charge is 0.143 e. The van der Waals surface area contributed by atoms with Crippen molar-refractivity contribution in [2.24, 2.45) is 0 Å². The van der Waals surface area contributed by atoms with Crippen molar-refractivity contribution in [2.75, 3.05) is 5.73 Å². The van der Waals surface area contributed by atoms with E-state index in [1.165, 1.54) is 24.3 Å². The second-order valence-electron chi connectivity index (χ2n) is 4.54. The Bertz CT molecular complexity index is 793. The van der Waals surface area contributed by atoms with Crippen LogP contribution in [0.4, 0.5) is 14.5 Å². The number of nitrogens with zero attached hydrogens (tertiary/aromatic N) is 2. The molecular weight excluding hydrogens is 260 g/mol. The van der Waals surface area contributed by atoms with Crippen molar-refractivity contribution in [3.8, 4) is 11.4 Å². The zero-order valence-corrected chi connectivity index (χ0v) is 10.9. The van der Waals surface area contributed by atoms with Gasteiger partial charge in [-0.05, 0) is 37.3 Å². The van der Waals surface area contributed by atoms with Gasteiger partial charge in [-0.2, -0.15) is 0 Å². The average Bonchev–Trinajstić information content (AvgIpc) is 2.75. The van der Waals surface area contributed by atoms with E-state index in [4.69, 9.17) is 5.73 Å². The van der Waals surface area contributed by atoms with Gasteiger partial charge in [-0.1, -0.05) is 0 Å². The van der Waals surface area contributed by atoms with Gasteiger partial charge in [0.1, 0.15) is 17.5 Å². The van der Waals surface area contributed by atoms with Crippen molar-refractivity contribution in [3.05, 3.63) is 48.0 Å². The molecular formula is C15H13F2N3. The summed E-state index contributed by atoms with van der Waals surface area (Å²) in [7, 11) is 0. The molecule has 1 heterocycles. The Kier molecular flexibility index (Phi) is 2.89. The highest BCUT2D eigenvalue weighted by Crippen LogP contribution is 2.29. The number of hydrogen-bond acceptors (Lipinski definition) is 2. The summed E-state index contributed by atoms with van der Waals surface area (Å²) in [6.45, 7) is 2.63. The number of nitrogens with two attached hydrogens (primary N) is 1. The highest BCUT2D eigenvalue weighted by molar-refractivity contribution is 5.83. The van der Waals surface area contributed by atoms with Crippen LogP contribution in [0.1, 0.15) is 6.92 Å². The van der Waals surface area contributed by atoms with Gasteiger partial charge in [-0.3, -0.25) is 0 Å². The predicted octanol–water partition coefficient (Wildman–Crippen LogP) is 3.58. The second-order valence-corrected chi connectivity index (χ2v) is 4.54. The quantitative estimate of drug-likeness (QED) is 0.725. The molecule has 20 heavy (non-hydrogen) atoms. The van der Waals surface area contributed by atoms with Crippen LogP contribution in [0.5, 0.6) is 0 Å². The van der Waals surface area contributed by atoms with Gasteiger partial charge in [0.15, 0.2) is 0 Å². The number of anilines is 1. The molecule has 102 valence electrons. The number of fused-ring (bicyclic) bond motifs is 1. The number of halogens is 2. The van der Waals surface area contributed by atoms with Crippen LogP contribution in [0.3, 0.4) is 0 Å². The summed E-state index contributed by atoms with van der Waals surface area (Å²) in [4.78, 5) is 4.43. The molecule has 3 nitrogen and oxygen atoms in total. The maximum atomic E-state index is 13.3. The Morgan fingerprint density at radius 3 is 2.50 bits per heavy atom. The van der Waals surface area contributed by atoms with E-state index < -0.39 is 5.82 Å². The number of hydrogen-bond donors (Lipinski definition) is 1. The molecule has 2 aromatic carbocycles. The first kappa shape index (κ1) is 12.6. The monoisotopic (exact) mass is 273 g/mol. The number of aryl methyl sites for hydroxylation is 1. The standard InChI is InChI=1S/C15H13F2N3/c1-2-20-14-6-4-10(17)8-13(14)19-15(20)11-5-3-9(16)7-12(11)18/h3-8H,2,18H2,1H3. The molecule has 2 N–H and O–H groups in total. The molecule has 1 aromatic heterocycles. The van der Waals surface area contributed by atoms with Gasteiger partial charge in [-0.25, -0.2) is 13.8 Å². The molecule has 0 aliphatic carbocycles. The van der Waals surface area contributed by atoms with Crippen LogP contribution in [0.2, 0.25) is 0 Å². The Morgan fingerprint density at radius 1 is 1.10 bits per heavy atom. The number of rotatable bonds is 2. The fourth-order valence-corrected chi connectivity index (χ4v) is 2.37. The van der Waals surface area contributed by atoms with Crippen molar-refractivity contribution in [1.82, 2.24) is 9.55 Å². The van der Waals surface area contributed by atoms with Crippen molar-refractivity contribution in [2.45, 2.75) is 13.5 Å². The van der Waals surface area contributed by atoms with Gasteiger partial charge >= 0.3 is 0 Å². The highest BCUT2D eigenvalue weighted by atomic mass is 19.1. The normalized spacial score (nSPS) is 11.2. The molecule has 3 aromatic rings. The van der Waals surface area contributed by atoms with Crippen LogP contribution in [0.25, 0.3) is 22.4 Å². The predicted molar refractivity (Wildman–Crippen MR) is 75.2 cm³/mol. The molecule has 0 aliphatic heterocycles. The molecule has 0 fully saturated rings. The van der Waals surface area contributed by atoms with Crippen LogP contribution < -0.4 is 5.73 Å². The summed E-state index contributed by atoms with van der Waals surface area (Å²) in [6, 6.07) is 8.65. The number of nitrogen functional groups attached to an aromatic ring is 1. The van der Waals surface area contributed by atoms with Crippen LogP contribution in [-0.2, 0) is 6.54 Å². The maximum absolute atomic E-state index is 13.3. The van der Waals surface area contributed by atoms with E-state index in [-0.39, 0.29) is 5.82 Å². The number of imidazole rings is 1. The molecule has 0 atom stereocenters. The van der Waals surface area contributed by atoms with Crippen LogP contribution in [-0.4, -0.2) is 9.55 Å². The molecule has 0 saturated carbocycles. The lowest BCUT2D eigenvalue weighted by Gasteiger charge is -2.08. The second kappa shape index (κ2) is 4.59. The van der Waals surface area contributed by atoms with Crippen LogP contribution >= 0.6 is 0 Å². The lowest BCUT2D eigenvalue weighted by molar-refractivity contribution is 0.628. The first-order valence-electron chi connectivity index (χ1n) is 6.31. The molecule has 5 heteroatoms. The van der Waals surface area contributed by atoms with Gasteiger partial charge in [0, 0.05) is 23.9 Å². The lowest BCUT2D eigenvalue weighted by atomic mass is 10.1. The van der Waals surface area contributed by atoms with Gasteiger partial charge in [0.05, 0.1) is 11.0 Å². The molecule has 0 spiro atoms. The molecule has 0 unspecified atom stereocenters. The Balaban J connectivity index is 2.30. The zero-order valence-electron chi connectivity index (χ0n) is 10.9. The van der Waals surface area contributed by atoms with E-state index in [0.717, 1.165) is 5.52 Å². The zero-order chi connectivity index (χ0) is 14.3. The van der Waals surface area contributed by atoms with Crippen molar-refractivity contribution >= 4 is 16.7 Å². The summed E-state index contributed by atoms with van der Waals surface area (Å²) in [6.07, 6.45) is 0. The lowest BCUT2D eigenvalue weighted by Crippen LogP contribution is -2.00. The maximum Gasteiger partial charge on any atom is 0.143 e. The summed E-state index contributed by atoms with van der Waals surface area (Å²) in [5.41, 5.74) is 8.21. The third-order valence-electron chi connectivity index (χ3n) is 3.28. The van der Waals surface area contributed by atoms with E-state index in [0.29, 0.717) is 29.1 Å². The summed E-state index contributed by atoms with van der Waals surface area (Å²) < 4.78 is 28.4. The molecule has 0 radical (unpaired) electrons. The van der Waals surface area contributed by atoms with Crippen molar-refractivity contribution < 1.29 is 8.78 Å². The van der Waals surface area contributed by atoms with Crippen molar-refractivity contribution in [1.29, 1.82) is 0 Å². The van der Waals surface area contributed by atoms with Gasteiger partial charge in [0.2, 0.25) is 0 Å². The van der Waals surface area contributed by atoms with E-state index in [9.17, 15) is 8.78 Å². The minimum Gasteiger partial charge on any atom is -0.398 e. The third-order valence-corrected chi connectivity index (χ3v) is 3.28. The third kappa shape index (κ3) is 1.91.